The summed E-state index contributed by atoms with van der Waals surface area (Å²) in [5, 5.41) is -0.924. The fraction of sp³-hybridized carbons (Fsp3) is 0.600. The van der Waals surface area contributed by atoms with Gasteiger partial charge in [-0.2, -0.15) is 0 Å². The smallest absolute Gasteiger partial charge is 0.288 e. The maximum absolute atomic E-state index is 10.3. The van der Waals surface area contributed by atoms with Crippen LogP contribution in [0.15, 0.2) is 0 Å². The van der Waals surface area contributed by atoms with E-state index in [1.54, 1.807) is 0 Å². The summed E-state index contributed by atoms with van der Waals surface area (Å²) in [6.45, 7) is 0.247. The minimum Gasteiger partial charge on any atom is -0.384 e. The van der Waals surface area contributed by atoms with E-state index in [-0.39, 0.29) is 13.0 Å². The van der Waals surface area contributed by atoms with Crippen molar-refractivity contribution in [1.29, 1.82) is 0 Å². The number of carbonyl (C=O) groups excluding carboxylic acids is 2. The number of carbonyl (C=O) groups is 2. The first-order valence-corrected chi connectivity index (χ1v) is 2.78. The second kappa shape index (κ2) is 4.47. The molecule has 0 fully saturated rings. The molecule has 0 aliphatic rings. The lowest BCUT2D eigenvalue weighted by Crippen LogP contribution is -2.09. The monoisotopic (exact) mass is 150 g/mol. The zero-order chi connectivity index (χ0) is 7.28. The second-order valence-corrected chi connectivity index (χ2v) is 1.78. The van der Waals surface area contributed by atoms with Crippen LogP contribution >= 0.6 is 11.6 Å². The van der Waals surface area contributed by atoms with Crippen LogP contribution in [-0.2, 0) is 14.3 Å². The van der Waals surface area contributed by atoms with Gasteiger partial charge < -0.3 is 4.74 Å². The van der Waals surface area contributed by atoms with Gasteiger partial charge in [-0.05, 0) is 11.6 Å². The number of halogens is 1. The standard InChI is InChI=1S/C5H7ClO3/c1-9-3-2-4(7)5(6)8/h2-3H2,1H3. The molecule has 0 N–H and O–H groups in total. The number of hydrogen-bond donors (Lipinski definition) is 0. The van der Waals surface area contributed by atoms with E-state index < -0.39 is 11.0 Å². The molecule has 0 aliphatic carbocycles. The van der Waals surface area contributed by atoms with Gasteiger partial charge in [0.15, 0.2) is 0 Å². The van der Waals surface area contributed by atoms with Gasteiger partial charge in [-0.15, -0.1) is 0 Å². The minimum atomic E-state index is -0.924. The van der Waals surface area contributed by atoms with Crippen LogP contribution in [0.4, 0.5) is 0 Å². The molecule has 0 radical (unpaired) electrons. The summed E-state index contributed by atoms with van der Waals surface area (Å²) in [6.07, 6.45) is 0.0683. The zero-order valence-electron chi connectivity index (χ0n) is 5.02. The molecule has 3 nitrogen and oxygen atoms in total. The van der Waals surface area contributed by atoms with Crippen LogP contribution in [0.3, 0.4) is 0 Å². The first-order chi connectivity index (χ1) is 4.18. The third kappa shape index (κ3) is 4.12. The van der Waals surface area contributed by atoms with Crippen LogP contribution in [0.2, 0.25) is 0 Å². The molecule has 0 bridgehead atoms. The van der Waals surface area contributed by atoms with Crippen LogP contribution in [0.1, 0.15) is 6.42 Å². The first kappa shape index (κ1) is 8.59. The van der Waals surface area contributed by atoms with Crippen molar-refractivity contribution in [3.8, 4) is 0 Å². The third-order valence-corrected chi connectivity index (χ3v) is 0.963. The Labute approximate surface area is 57.9 Å². The van der Waals surface area contributed by atoms with Gasteiger partial charge in [-0.25, -0.2) is 0 Å². The van der Waals surface area contributed by atoms with E-state index in [2.05, 4.69) is 4.74 Å². The summed E-state index contributed by atoms with van der Waals surface area (Å²) in [4.78, 5) is 20.4. The van der Waals surface area contributed by atoms with Crippen molar-refractivity contribution >= 4 is 22.6 Å². The molecule has 0 heterocycles. The fourth-order valence-corrected chi connectivity index (χ4v) is 0.388. The SMILES string of the molecule is COCCC(=O)C(=O)Cl. The van der Waals surface area contributed by atoms with E-state index >= 15 is 0 Å². The second-order valence-electron chi connectivity index (χ2n) is 1.44. The summed E-state index contributed by atoms with van der Waals surface area (Å²) < 4.78 is 4.53. The topological polar surface area (TPSA) is 43.4 Å². The highest BCUT2D eigenvalue weighted by Crippen LogP contribution is 1.88. The number of rotatable bonds is 4. The number of ketones is 1. The summed E-state index contributed by atoms with van der Waals surface area (Å²) in [6, 6.07) is 0. The summed E-state index contributed by atoms with van der Waals surface area (Å²) >= 11 is 4.82. The Morgan fingerprint density at radius 2 is 2.11 bits per heavy atom. The maximum atomic E-state index is 10.3. The van der Waals surface area contributed by atoms with Gasteiger partial charge in [-0.3, -0.25) is 9.59 Å². The Balaban J connectivity index is 3.39. The fourth-order valence-electron chi connectivity index (χ4n) is 0.293. The number of Topliss-reactive ketones (excluding diaryl/α,β-unsaturated/α-hetero) is 1. The lowest BCUT2D eigenvalue weighted by molar-refractivity contribution is -0.132. The predicted molar refractivity (Wildman–Crippen MR) is 32.4 cm³/mol. The van der Waals surface area contributed by atoms with Gasteiger partial charge in [-0.1, -0.05) is 0 Å². The lowest BCUT2D eigenvalue weighted by atomic mass is 10.3. The Morgan fingerprint density at radius 1 is 1.56 bits per heavy atom. The van der Waals surface area contributed by atoms with Crippen molar-refractivity contribution in [3.05, 3.63) is 0 Å². The van der Waals surface area contributed by atoms with E-state index in [4.69, 9.17) is 11.6 Å². The molecule has 0 aliphatic heterocycles. The van der Waals surface area contributed by atoms with Gasteiger partial charge in [0.05, 0.1) is 6.61 Å². The summed E-state index contributed by atoms with van der Waals surface area (Å²) in [5.74, 6) is -0.599. The third-order valence-electron chi connectivity index (χ3n) is 0.752. The van der Waals surface area contributed by atoms with E-state index in [1.165, 1.54) is 7.11 Å². The van der Waals surface area contributed by atoms with Crippen LogP contribution in [-0.4, -0.2) is 24.7 Å². The molecule has 0 aromatic rings. The molecule has 0 aromatic heterocycles. The Kier molecular flexibility index (Phi) is 4.26. The molecule has 9 heavy (non-hydrogen) atoms. The Morgan fingerprint density at radius 3 is 2.44 bits per heavy atom. The normalized spacial score (nSPS) is 9.11. The van der Waals surface area contributed by atoms with Crippen LogP contribution in [0, 0.1) is 0 Å². The molecule has 52 valence electrons. The zero-order valence-corrected chi connectivity index (χ0v) is 5.77. The van der Waals surface area contributed by atoms with Crippen molar-refractivity contribution in [2.75, 3.05) is 13.7 Å². The quantitative estimate of drug-likeness (QED) is 0.429. The maximum Gasteiger partial charge on any atom is 0.288 e. The van der Waals surface area contributed by atoms with Gasteiger partial charge in [0.2, 0.25) is 5.78 Å². The molecule has 0 spiro atoms. The van der Waals surface area contributed by atoms with Gasteiger partial charge in [0, 0.05) is 13.5 Å². The average molecular weight is 151 g/mol. The van der Waals surface area contributed by atoms with E-state index in [0.29, 0.717) is 0 Å². The molecular weight excluding hydrogens is 144 g/mol. The average Bonchev–Trinajstić information content (AvgIpc) is 1.82. The number of methoxy groups -OCH3 is 1. The molecule has 4 heteroatoms. The highest BCUT2D eigenvalue weighted by atomic mass is 35.5. The van der Waals surface area contributed by atoms with Gasteiger partial charge >= 0.3 is 0 Å². The van der Waals surface area contributed by atoms with Crippen molar-refractivity contribution in [3.63, 3.8) is 0 Å². The summed E-state index contributed by atoms with van der Waals surface area (Å²) in [7, 11) is 1.45. The number of ether oxygens (including phenoxy) is 1. The first-order valence-electron chi connectivity index (χ1n) is 2.40. The van der Waals surface area contributed by atoms with Crippen LogP contribution in [0.5, 0.6) is 0 Å². The minimum absolute atomic E-state index is 0.0683. The highest BCUT2D eigenvalue weighted by Gasteiger charge is 2.07. The molecule has 0 atom stereocenters. The van der Waals surface area contributed by atoms with Crippen molar-refractivity contribution < 1.29 is 14.3 Å². The largest absolute Gasteiger partial charge is 0.384 e. The Bertz CT molecular complexity index is 121. The highest BCUT2D eigenvalue weighted by molar-refractivity contribution is 6.81. The van der Waals surface area contributed by atoms with E-state index in [0.717, 1.165) is 0 Å². The molecule has 0 amide bonds. The van der Waals surface area contributed by atoms with Gasteiger partial charge in [0.25, 0.3) is 5.24 Å². The molecule has 0 saturated carbocycles. The van der Waals surface area contributed by atoms with E-state index in [9.17, 15) is 9.59 Å². The molecule has 0 saturated heterocycles. The predicted octanol–water partition coefficient (Wildman–Crippen LogP) is 0.357. The molecule has 0 unspecified atom stereocenters. The van der Waals surface area contributed by atoms with Crippen molar-refractivity contribution in [1.82, 2.24) is 0 Å². The molecule has 0 aromatic carbocycles. The van der Waals surface area contributed by atoms with Crippen LogP contribution < -0.4 is 0 Å². The van der Waals surface area contributed by atoms with Crippen molar-refractivity contribution in [2.45, 2.75) is 6.42 Å². The lowest BCUT2D eigenvalue weighted by Gasteiger charge is -1.91. The van der Waals surface area contributed by atoms with E-state index in [1.807, 2.05) is 0 Å². The van der Waals surface area contributed by atoms with Gasteiger partial charge in [0.1, 0.15) is 0 Å². The van der Waals surface area contributed by atoms with Crippen molar-refractivity contribution in [2.24, 2.45) is 0 Å². The Hall–Kier alpha value is -0.410. The molecular formula is C5H7ClO3. The number of hydrogen-bond acceptors (Lipinski definition) is 3. The molecule has 0 rings (SSSR count). The van der Waals surface area contributed by atoms with Crippen LogP contribution in [0.25, 0.3) is 0 Å². The summed E-state index contributed by atoms with van der Waals surface area (Å²) in [5.41, 5.74) is 0.